The molecule has 1 rings (SSSR count). The molecule has 104 valence electrons. The van der Waals surface area contributed by atoms with Gasteiger partial charge in [0.05, 0.1) is 0 Å². The monoisotopic (exact) mass is 267 g/mol. The van der Waals surface area contributed by atoms with E-state index in [-0.39, 0.29) is 18.2 Å². The Bertz CT molecular complexity index is 493. The van der Waals surface area contributed by atoms with Crippen LogP contribution in [0.4, 0.5) is 0 Å². The fraction of sp³-hybridized carbons (Fsp3) is 0.417. The number of rotatable bonds is 6. The van der Waals surface area contributed by atoms with E-state index in [9.17, 15) is 14.4 Å². The van der Waals surface area contributed by atoms with Crippen LogP contribution < -0.4 is 11.1 Å². The summed E-state index contributed by atoms with van der Waals surface area (Å²) in [6, 6.07) is 2.16. The molecular weight excluding hydrogens is 250 g/mol. The summed E-state index contributed by atoms with van der Waals surface area (Å²) >= 11 is 0. The van der Waals surface area contributed by atoms with Gasteiger partial charge >= 0.3 is 5.97 Å². The first-order valence-electron chi connectivity index (χ1n) is 5.80. The smallest absolute Gasteiger partial charge is 0.352 e. The van der Waals surface area contributed by atoms with E-state index in [1.165, 1.54) is 22.9 Å². The lowest BCUT2D eigenvalue weighted by Crippen LogP contribution is -2.48. The van der Waals surface area contributed by atoms with Gasteiger partial charge in [0.25, 0.3) is 0 Å². The number of aromatic carboxylic acids is 1. The van der Waals surface area contributed by atoms with Crippen molar-refractivity contribution in [1.82, 2.24) is 9.88 Å². The minimum Gasteiger partial charge on any atom is -0.477 e. The SMILES string of the molecule is CC(C)C(NC(=O)Cn1cccc1C(=O)O)C(N)=O. The normalized spacial score (nSPS) is 12.2. The van der Waals surface area contributed by atoms with Crippen molar-refractivity contribution in [3.05, 3.63) is 24.0 Å². The number of hydrogen-bond donors (Lipinski definition) is 3. The molecule has 0 bridgehead atoms. The summed E-state index contributed by atoms with van der Waals surface area (Å²) < 4.78 is 1.29. The van der Waals surface area contributed by atoms with Crippen molar-refractivity contribution >= 4 is 17.8 Å². The highest BCUT2D eigenvalue weighted by atomic mass is 16.4. The first kappa shape index (κ1) is 14.7. The summed E-state index contributed by atoms with van der Waals surface area (Å²) in [6.07, 6.45) is 1.48. The minimum atomic E-state index is -1.12. The molecule has 0 saturated carbocycles. The zero-order chi connectivity index (χ0) is 14.6. The molecule has 19 heavy (non-hydrogen) atoms. The van der Waals surface area contributed by atoms with E-state index in [1.54, 1.807) is 13.8 Å². The number of carbonyl (C=O) groups excluding carboxylic acids is 2. The van der Waals surface area contributed by atoms with Gasteiger partial charge in [0.2, 0.25) is 11.8 Å². The molecule has 1 unspecified atom stereocenters. The lowest BCUT2D eigenvalue weighted by Gasteiger charge is -2.19. The van der Waals surface area contributed by atoms with Gasteiger partial charge < -0.3 is 20.7 Å². The average Bonchev–Trinajstić information content (AvgIpc) is 2.73. The first-order valence-corrected chi connectivity index (χ1v) is 5.80. The van der Waals surface area contributed by atoms with Crippen molar-refractivity contribution in [1.29, 1.82) is 0 Å². The van der Waals surface area contributed by atoms with E-state index in [0.29, 0.717) is 0 Å². The molecule has 0 fully saturated rings. The van der Waals surface area contributed by atoms with Crippen LogP contribution in [0, 0.1) is 5.92 Å². The van der Waals surface area contributed by atoms with Crippen LogP contribution in [0.1, 0.15) is 24.3 Å². The summed E-state index contributed by atoms with van der Waals surface area (Å²) in [5.74, 6) is -2.33. The molecule has 0 aliphatic carbocycles. The Morgan fingerprint density at radius 1 is 1.42 bits per heavy atom. The molecule has 7 heteroatoms. The molecule has 0 saturated heterocycles. The van der Waals surface area contributed by atoms with Gasteiger partial charge in [0, 0.05) is 6.20 Å². The number of nitrogens with two attached hydrogens (primary N) is 1. The van der Waals surface area contributed by atoms with Crippen molar-refractivity contribution in [3.8, 4) is 0 Å². The molecule has 1 atom stereocenters. The van der Waals surface area contributed by atoms with E-state index in [0.717, 1.165) is 0 Å². The van der Waals surface area contributed by atoms with Crippen molar-refractivity contribution in [3.63, 3.8) is 0 Å². The maximum atomic E-state index is 11.8. The van der Waals surface area contributed by atoms with Crippen LogP contribution >= 0.6 is 0 Å². The standard InChI is InChI=1S/C12H17N3O4/c1-7(2)10(11(13)17)14-9(16)6-15-5-3-4-8(15)12(18)19/h3-5,7,10H,6H2,1-2H3,(H2,13,17)(H,14,16)(H,18,19). The van der Waals surface area contributed by atoms with Crippen LogP contribution in [0.15, 0.2) is 18.3 Å². The van der Waals surface area contributed by atoms with Gasteiger partial charge in [-0.15, -0.1) is 0 Å². The molecule has 7 nitrogen and oxygen atoms in total. The Labute approximate surface area is 110 Å². The third-order valence-electron chi connectivity index (χ3n) is 2.65. The lowest BCUT2D eigenvalue weighted by molar-refractivity contribution is -0.128. The van der Waals surface area contributed by atoms with Crippen LogP contribution in [0.5, 0.6) is 0 Å². The third-order valence-corrected chi connectivity index (χ3v) is 2.65. The second-order valence-electron chi connectivity index (χ2n) is 4.52. The van der Waals surface area contributed by atoms with Crippen LogP contribution in [0.2, 0.25) is 0 Å². The number of carbonyl (C=O) groups is 3. The molecule has 1 aromatic rings. The highest BCUT2D eigenvalue weighted by Crippen LogP contribution is 2.04. The second-order valence-corrected chi connectivity index (χ2v) is 4.52. The zero-order valence-corrected chi connectivity index (χ0v) is 10.8. The van der Waals surface area contributed by atoms with Gasteiger partial charge in [-0.1, -0.05) is 13.8 Å². The number of carboxylic acids is 1. The largest absolute Gasteiger partial charge is 0.477 e. The predicted octanol–water partition coefficient (Wildman–Crippen LogP) is -0.188. The number of carboxylic acid groups (broad SMARTS) is 1. The van der Waals surface area contributed by atoms with Crippen LogP contribution in [0.3, 0.4) is 0 Å². The summed E-state index contributed by atoms with van der Waals surface area (Å²) in [5, 5.41) is 11.4. The molecule has 0 aliphatic heterocycles. The minimum absolute atomic E-state index is 0.00956. The first-order chi connectivity index (χ1) is 8.82. The number of aromatic nitrogens is 1. The molecule has 2 amide bonds. The van der Waals surface area contributed by atoms with Gasteiger partial charge in [-0.05, 0) is 18.1 Å². The number of hydrogen-bond acceptors (Lipinski definition) is 3. The van der Waals surface area contributed by atoms with Crippen LogP contribution in [-0.2, 0) is 16.1 Å². The molecule has 0 spiro atoms. The summed E-state index contributed by atoms with van der Waals surface area (Å²) in [5.41, 5.74) is 5.19. The zero-order valence-electron chi connectivity index (χ0n) is 10.8. The maximum absolute atomic E-state index is 11.8. The molecule has 1 heterocycles. The van der Waals surface area contributed by atoms with Crippen molar-refractivity contribution in [2.75, 3.05) is 0 Å². The van der Waals surface area contributed by atoms with Crippen molar-refractivity contribution < 1.29 is 19.5 Å². The summed E-state index contributed by atoms with van der Waals surface area (Å²) in [7, 11) is 0. The molecule has 0 aliphatic rings. The molecule has 1 aromatic heterocycles. The van der Waals surface area contributed by atoms with Gasteiger partial charge in [-0.25, -0.2) is 4.79 Å². The molecular formula is C12H17N3O4. The highest BCUT2D eigenvalue weighted by molar-refractivity contribution is 5.88. The maximum Gasteiger partial charge on any atom is 0.352 e. The fourth-order valence-electron chi connectivity index (χ4n) is 1.69. The Hall–Kier alpha value is -2.31. The van der Waals surface area contributed by atoms with E-state index in [1.807, 2.05) is 0 Å². The van der Waals surface area contributed by atoms with Gasteiger partial charge in [-0.2, -0.15) is 0 Å². The summed E-state index contributed by atoms with van der Waals surface area (Å²) in [4.78, 5) is 33.8. The van der Waals surface area contributed by atoms with E-state index in [4.69, 9.17) is 10.8 Å². The van der Waals surface area contributed by atoms with E-state index < -0.39 is 23.8 Å². The Morgan fingerprint density at radius 3 is 2.53 bits per heavy atom. The van der Waals surface area contributed by atoms with Crippen LogP contribution in [-0.4, -0.2) is 33.5 Å². The van der Waals surface area contributed by atoms with Crippen molar-refractivity contribution in [2.45, 2.75) is 26.4 Å². The molecule has 4 N–H and O–H groups in total. The highest BCUT2D eigenvalue weighted by Gasteiger charge is 2.22. The van der Waals surface area contributed by atoms with Gasteiger partial charge in [0.1, 0.15) is 18.3 Å². The second kappa shape index (κ2) is 6.03. The average molecular weight is 267 g/mol. The number of nitrogens with one attached hydrogen (secondary N) is 1. The topological polar surface area (TPSA) is 114 Å². The van der Waals surface area contributed by atoms with Gasteiger partial charge in [0.15, 0.2) is 0 Å². The van der Waals surface area contributed by atoms with Crippen LogP contribution in [0.25, 0.3) is 0 Å². The molecule has 0 aromatic carbocycles. The summed E-state index contributed by atoms with van der Waals surface area (Å²) in [6.45, 7) is 3.34. The van der Waals surface area contributed by atoms with E-state index >= 15 is 0 Å². The predicted molar refractivity (Wildman–Crippen MR) is 67.4 cm³/mol. The lowest BCUT2D eigenvalue weighted by atomic mass is 10.0. The third kappa shape index (κ3) is 3.84. The Balaban J connectivity index is 2.72. The number of primary amides is 1. The van der Waals surface area contributed by atoms with Crippen molar-refractivity contribution in [2.24, 2.45) is 11.7 Å². The number of nitrogens with zero attached hydrogens (tertiary/aromatic N) is 1. The van der Waals surface area contributed by atoms with E-state index in [2.05, 4.69) is 5.32 Å². The quantitative estimate of drug-likeness (QED) is 0.662. The Morgan fingerprint density at radius 2 is 2.05 bits per heavy atom. The Kier molecular flexibility index (Phi) is 4.68. The van der Waals surface area contributed by atoms with Gasteiger partial charge in [-0.3, -0.25) is 9.59 Å². The molecule has 0 radical (unpaired) electrons. The fourth-order valence-corrected chi connectivity index (χ4v) is 1.69. The number of amides is 2.